The molecule has 1 aliphatic heterocycles. The second-order valence-corrected chi connectivity index (χ2v) is 6.05. The highest BCUT2D eigenvalue weighted by Gasteiger charge is 2.48. The first kappa shape index (κ1) is 14.0. The maximum atomic E-state index is 12.1. The van der Waals surface area contributed by atoms with Crippen LogP contribution in [-0.2, 0) is 9.59 Å². The van der Waals surface area contributed by atoms with Crippen molar-refractivity contribution < 1.29 is 19.5 Å². The number of hydrogen-bond acceptors (Lipinski definition) is 4. The SMILES string of the molecule is CC(NC(=O)N1C(C(=O)O)CSC1C1CC1)C(N)=O. The van der Waals surface area contributed by atoms with Crippen molar-refractivity contribution in [2.75, 3.05) is 5.75 Å². The fourth-order valence-electron chi connectivity index (χ4n) is 2.05. The van der Waals surface area contributed by atoms with Crippen molar-refractivity contribution in [2.45, 2.75) is 37.2 Å². The van der Waals surface area contributed by atoms with Gasteiger partial charge in [0.25, 0.3) is 0 Å². The summed E-state index contributed by atoms with van der Waals surface area (Å²) in [6, 6.07) is -2.18. The molecule has 3 unspecified atom stereocenters. The summed E-state index contributed by atoms with van der Waals surface area (Å²) in [6.45, 7) is 1.48. The lowest BCUT2D eigenvalue weighted by Gasteiger charge is -2.28. The summed E-state index contributed by atoms with van der Waals surface area (Å²) < 4.78 is 0. The largest absolute Gasteiger partial charge is 0.480 e. The van der Waals surface area contributed by atoms with Crippen LogP contribution in [0, 0.1) is 5.92 Å². The first-order chi connectivity index (χ1) is 8.91. The minimum absolute atomic E-state index is 0.110. The molecule has 2 rings (SSSR count). The molecule has 8 heteroatoms. The van der Waals surface area contributed by atoms with Crippen LogP contribution in [0.25, 0.3) is 0 Å². The van der Waals surface area contributed by atoms with Crippen molar-refractivity contribution in [1.82, 2.24) is 10.2 Å². The number of nitrogens with one attached hydrogen (secondary N) is 1. The highest BCUT2D eigenvalue weighted by molar-refractivity contribution is 8.00. The summed E-state index contributed by atoms with van der Waals surface area (Å²) in [7, 11) is 0. The topological polar surface area (TPSA) is 113 Å². The number of carbonyl (C=O) groups is 3. The highest BCUT2D eigenvalue weighted by Crippen LogP contribution is 2.45. The Labute approximate surface area is 114 Å². The molecule has 0 aromatic rings. The zero-order valence-corrected chi connectivity index (χ0v) is 11.4. The summed E-state index contributed by atoms with van der Waals surface area (Å²) in [5.41, 5.74) is 5.09. The number of hydrogen-bond donors (Lipinski definition) is 3. The van der Waals surface area contributed by atoms with Crippen LogP contribution in [0.5, 0.6) is 0 Å². The molecule has 1 saturated carbocycles. The molecule has 0 aromatic heterocycles. The van der Waals surface area contributed by atoms with Crippen LogP contribution in [0.2, 0.25) is 0 Å². The van der Waals surface area contributed by atoms with Gasteiger partial charge >= 0.3 is 12.0 Å². The average molecular weight is 287 g/mol. The van der Waals surface area contributed by atoms with E-state index in [0.717, 1.165) is 12.8 Å². The number of nitrogens with zero attached hydrogens (tertiary/aromatic N) is 1. The van der Waals surface area contributed by atoms with Crippen LogP contribution in [0.3, 0.4) is 0 Å². The van der Waals surface area contributed by atoms with Gasteiger partial charge in [-0.2, -0.15) is 0 Å². The van der Waals surface area contributed by atoms with Crippen molar-refractivity contribution in [1.29, 1.82) is 0 Å². The number of aliphatic carboxylic acids is 1. The van der Waals surface area contributed by atoms with E-state index < -0.39 is 30.0 Å². The fraction of sp³-hybridized carbons (Fsp3) is 0.727. The lowest BCUT2D eigenvalue weighted by atomic mass is 10.2. The van der Waals surface area contributed by atoms with E-state index in [1.54, 1.807) is 0 Å². The van der Waals surface area contributed by atoms with E-state index in [-0.39, 0.29) is 5.37 Å². The first-order valence-corrected chi connectivity index (χ1v) is 7.19. The van der Waals surface area contributed by atoms with Crippen LogP contribution in [-0.4, -0.2) is 51.1 Å². The summed E-state index contributed by atoms with van der Waals surface area (Å²) >= 11 is 1.49. The van der Waals surface area contributed by atoms with Gasteiger partial charge in [0.2, 0.25) is 5.91 Å². The first-order valence-electron chi connectivity index (χ1n) is 6.14. The zero-order chi connectivity index (χ0) is 14.2. The summed E-state index contributed by atoms with van der Waals surface area (Å²) in [6.07, 6.45) is 2.03. The van der Waals surface area contributed by atoms with Crippen molar-refractivity contribution >= 4 is 29.7 Å². The number of urea groups is 1. The number of amides is 3. The monoisotopic (exact) mass is 287 g/mol. The minimum atomic E-state index is -1.02. The molecule has 1 heterocycles. The Morgan fingerprint density at radius 3 is 2.53 bits per heavy atom. The smallest absolute Gasteiger partial charge is 0.327 e. The molecule has 106 valence electrons. The molecular weight excluding hydrogens is 270 g/mol. The van der Waals surface area contributed by atoms with E-state index in [2.05, 4.69) is 5.32 Å². The van der Waals surface area contributed by atoms with Crippen LogP contribution in [0.4, 0.5) is 4.79 Å². The predicted molar refractivity (Wildman–Crippen MR) is 69.4 cm³/mol. The quantitative estimate of drug-likeness (QED) is 0.663. The van der Waals surface area contributed by atoms with E-state index in [4.69, 9.17) is 10.8 Å². The number of carbonyl (C=O) groups excluding carboxylic acids is 2. The zero-order valence-electron chi connectivity index (χ0n) is 10.5. The molecule has 19 heavy (non-hydrogen) atoms. The molecule has 3 atom stereocenters. The molecule has 2 aliphatic rings. The van der Waals surface area contributed by atoms with Crippen LogP contribution in [0.15, 0.2) is 0 Å². The minimum Gasteiger partial charge on any atom is -0.480 e. The predicted octanol–water partition coefficient (Wildman–Crippen LogP) is -0.192. The van der Waals surface area contributed by atoms with Crippen molar-refractivity contribution in [3.8, 4) is 0 Å². The Kier molecular flexibility index (Phi) is 3.88. The van der Waals surface area contributed by atoms with Gasteiger partial charge < -0.3 is 16.2 Å². The van der Waals surface area contributed by atoms with E-state index in [1.165, 1.54) is 23.6 Å². The third-order valence-corrected chi connectivity index (χ3v) is 4.81. The van der Waals surface area contributed by atoms with E-state index in [0.29, 0.717) is 11.7 Å². The Morgan fingerprint density at radius 2 is 2.05 bits per heavy atom. The normalized spacial score (nSPS) is 27.9. The van der Waals surface area contributed by atoms with Crippen LogP contribution in [0.1, 0.15) is 19.8 Å². The van der Waals surface area contributed by atoms with Crippen molar-refractivity contribution in [3.63, 3.8) is 0 Å². The summed E-state index contributed by atoms with van der Waals surface area (Å²) in [4.78, 5) is 35.7. The highest BCUT2D eigenvalue weighted by atomic mass is 32.2. The van der Waals surface area contributed by atoms with E-state index >= 15 is 0 Å². The number of primary amides is 1. The number of carboxylic acid groups (broad SMARTS) is 1. The van der Waals surface area contributed by atoms with Gasteiger partial charge in [-0.1, -0.05) is 0 Å². The number of rotatable bonds is 4. The Morgan fingerprint density at radius 1 is 1.42 bits per heavy atom. The molecule has 1 saturated heterocycles. The molecule has 0 radical (unpaired) electrons. The molecule has 0 bridgehead atoms. The van der Waals surface area contributed by atoms with Gasteiger partial charge in [0.15, 0.2) is 0 Å². The number of thioether (sulfide) groups is 1. The maximum absolute atomic E-state index is 12.1. The lowest BCUT2D eigenvalue weighted by Crippen LogP contribution is -2.54. The molecule has 0 spiro atoms. The van der Waals surface area contributed by atoms with Gasteiger partial charge in [0, 0.05) is 5.75 Å². The molecule has 3 amide bonds. The Hall–Kier alpha value is -1.44. The second kappa shape index (κ2) is 5.28. The standard InChI is InChI=1S/C11H17N3O4S/c1-5(8(12)15)13-11(18)14-7(10(16)17)4-19-9(14)6-2-3-6/h5-7,9H,2-4H2,1H3,(H2,12,15)(H,13,18)(H,16,17). The van der Waals surface area contributed by atoms with Gasteiger partial charge in [-0.05, 0) is 25.7 Å². The van der Waals surface area contributed by atoms with Gasteiger partial charge in [0.1, 0.15) is 12.1 Å². The third kappa shape index (κ3) is 2.94. The number of carboxylic acids is 1. The molecule has 7 nitrogen and oxygen atoms in total. The fourth-order valence-corrected chi connectivity index (χ4v) is 3.68. The van der Waals surface area contributed by atoms with Crippen molar-refractivity contribution in [2.24, 2.45) is 11.7 Å². The third-order valence-electron chi connectivity index (χ3n) is 3.35. The van der Waals surface area contributed by atoms with E-state index in [1.807, 2.05) is 0 Å². The molecule has 2 fully saturated rings. The Balaban J connectivity index is 2.09. The van der Waals surface area contributed by atoms with Crippen LogP contribution >= 0.6 is 11.8 Å². The molecular formula is C11H17N3O4S. The Bertz CT molecular complexity index is 413. The van der Waals surface area contributed by atoms with Crippen LogP contribution < -0.4 is 11.1 Å². The van der Waals surface area contributed by atoms with Gasteiger partial charge in [0.05, 0.1) is 5.37 Å². The summed E-state index contributed by atoms with van der Waals surface area (Å²) in [5, 5.41) is 11.5. The number of nitrogens with two attached hydrogens (primary N) is 1. The van der Waals surface area contributed by atoms with Gasteiger partial charge in [-0.25, -0.2) is 9.59 Å². The molecule has 4 N–H and O–H groups in total. The average Bonchev–Trinajstić information content (AvgIpc) is 3.06. The van der Waals surface area contributed by atoms with Gasteiger partial charge in [-0.3, -0.25) is 9.69 Å². The maximum Gasteiger partial charge on any atom is 0.327 e. The van der Waals surface area contributed by atoms with Crippen molar-refractivity contribution in [3.05, 3.63) is 0 Å². The second-order valence-electron chi connectivity index (χ2n) is 4.90. The molecule has 0 aromatic carbocycles. The lowest BCUT2D eigenvalue weighted by molar-refractivity contribution is -0.141. The van der Waals surface area contributed by atoms with E-state index in [9.17, 15) is 14.4 Å². The summed E-state index contributed by atoms with van der Waals surface area (Å²) in [5.74, 6) is -0.911. The van der Waals surface area contributed by atoms with Gasteiger partial charge in [-0.15, -0.1) is 11.8 Å². The molecule has 1 aliphatic carbocycles.